The van der Waals surface area contributed by atoms with Crippen molar-refractivity contribution in [3.05, 3.63) is 173 Å². The van der Waals surface area contributed by atoms with Gasteiger partial charge < -0.3 is 37.9 Å². The van der Waals surface area contributed by atoms with Gasteiger partial charge in [-0.05, 0) is 121 Å². The van der Waals surface area contributed by atoms with Gasteiger partial charge in [-0.1, -0.05) is 97.1 Å². The van der Waals surface area contributed by atoms with Crippen LogP contribution in [0, 0.1) is 0 Å². The molecule has 8 nitrogen and oxygen atoms in total. The van der Waals surface area contributed by atoms with Crippen molar-refractivity contribution in [3.8, 4) is 40.2 Å². The Hall–Kier alpha value is -5.26. The summed E-state index contributed by atoms with van der Waals surface area (Å²) in [6.07, 6.45) is 9.16. The van der Waals surface area contributed by atoms with Crippen LogP contribution in [0.4, 0.5) is 0 Å². The van der Waals surface area contributed by atoms with Crippen LogP contribution in [-0.2, 0) is 38.6 Å². The average molecular weight is 909 g/mol. The standard InChI is InChI=1S/C55H56O8S2/c1-56-48-36-44(37-49-53(48)63-55(62-49,42-17-4-2-5-18-42)43-19-6-3-7-20-43)54(64-33-14-34-65-54)38-40-15-12-21-46(35-40)60-52-41(16-13-22-47(52)61-51-24-9-11-32-58-51)28-25-39-26-29-45(30-27-39)59-50-23-8-10-31-57-50/h2-7,12-13,15-22,26-27,29-30,35-37,50-51H,8-11,14,23-25,28,31-34,38H2,1H3. The summed E-state index contributed by atoms with van der Waals surface area (Å²) >= 11 is 3.97. The molecule has 0 aliphatic carbocycles. The van der Waals surface area contributed by atoms with Crippen LogP contribution < -0.4 is 28.4 Å². The highest BCUT2D eigenvalue weighted by Crippen LogP contribution is 2.58. The lowest BCUT2D eigenvalue weighted by molar-refractivity contribution is -0.106. The number of hydrogen-bond acceptors (Lipinski definition) is 10. The molecule has 4 heterocycles. The first-order valence-corrected chi connectivity index (χ1v) is 25.1. The highest BCUT2D eigenvalue weighted by molar-refractivity contribution is 8.18. The Morgan fingerprint density at radius 3 is 1.94 bits per heavy atom. The molecule has 2 unspecified atom stereocenters. The Labute approximate surface area is 391 Å². The number of para-hydroxylation sites is 1. The van der Waals surface area contributed by atoms with Crippen molar-refractivity contribution in [1.82, 2.24) is 0 Å². The summed E-state index contributed by atoms with van der Waals surface area (Å²) < 4.78 is 51.2. The van der Waals surface area contributed by atoms with Gasteiger partial charge in [-0.2, -0.15) is 0 Å². The number of fused-ring (bicyclic) bond motifs is 1. The van der Waals surface area contributed by atoms with E-state index in [1.165, 1.54) is 11.1 Å². The molecule has 0 N–H and O–H groups in total. The van der Waals surface area contributed by atoms with E-state index < -0.39 is 5.79 Å². The lowest BCUT2D eigenvalue weighted by atomic mass is 9.97. The first kappa shape index (κ1) is 43.6. The number of ether oxygens (including phenoxy) is 8. The van der Waals surface area contributed by atoms with E-state index in [2.05, 4.69) is 78.9 Å². The summed E-state index contributed by atoms with van der Waals surface area (Å²) in [5.41, 5.74) is 6.40. The number of hydrogen-bond donors (Lipinski definition) is 0. The molecule has 0 radical (unpaired) electrons. The molecule has 65 heavy (non-hydrogen) atoms. The molecule has 4 aliphatic heterocycles. The van der Waals surface area contributed by atoms with Gasteiger partial charge in [0.25, 0.3) is 0 Å². The Balaban J connectivity index is 0.923. The van der Waals surface area contributed by atoms with Crippen LogP contribution in [0.3, 0.4) is 0 Å². The van der Waals surface area contributed by atoms with E-state index >= 15 is 0 Å². The van der Waals surface area contributed by atoms with Gasteiger partial charge in [-0.3, -0.25) is 0 Å². The van der Waals surface area contributed by atoms with Crippen molar-refractivity contribution in [1.29, 1.82) is 0 Å². The second-order valence-electron chi connectivity index (χ2n) is 17.0. The van der Waals surface area contributed by atoms with E-state index in [0.717, 1.165) is 122 Å². The smallest absolute Gasteiger partial charge is 0.305 e. The van der Waals surface area contributed by atoms with Crippen LogP contribution in [0.2, 0.25) is 0 Å². The van der Waals surface area contributed by atoms with Crippen LogP contribution in [0.1, 0.15) is 78.3 Å². The summed E-state index contributed by atoms with van der Waals surface area (Å²) in [7, 11) is 1.71. The maximum Gasteiger partial charge on any atom is 0.305 e. The van der Waals surface area contributed by atoms with E-state index in [1.807, 2.05) is 84.2 Å². The summed E-state index contributed by atoms with van der Waals surface area (Å²) in [6, 6.07) is 47.7. The molecule has 0 amide bonds. The second-order valence-corrected chi connectivity index (χ2v) is 20.1. The van der Waals surface area contributed by atoms with E-state index in [-0.39, 0.29) is 16.7 Å². The monoisotopic (exact) mass is 908 g/mol. The summed E-state index contributed by atoms with van der Waals surface area (Å²) in [5.74, 6) is 5.87. The van der Waals surface area contributed by atoms with Crippen LogP contribution in [0.5, 0.6) is 40.2 Å². The first-order valence-electron chi connectivity index (χ1n) is 23.1. The quantitative estimate of drug-likeness (QED) is 0.0994. The predicted octanol–water partition coefficient (Wildman–Crippen LogP) is 13.0. The first-order chi connectivity index (χ1) is 32.1. The third-order valence-electron chi connectivity index (χ3n) is 12.5. The van der Waals surface area contributed by atoms with Gasteiger partial charge in [0.05, 0.1) is 24.4 Å². The van der Waals surface area contributed by atoms with Crippen LogP contribution >= 0.6 is 23.5 Å². The highest BCUT2D eigenvalue weighted by Gasteiger charge is 2.48. The number of benzene rings is 6. The predicted molar refractivity (Wildman–Crippen MR) is 258 cm³/mol. The van der Waals surface area contributed by atoms with Crippen molar-refractivity contribution in [2.45, 2.75) is 86.7 Å². The topological polar surface area (TPSA) is 73.8 Å². The Morgan fingerprint density at radius 2 is 1.26 bits per heavy atom. The fourth-order valence-electron chi connectivity index (χ4n) is 9.09. The van der Waals surface area contributed by atoms with Crippen molar-refractivity contribution >= 4 is 23.5 Å². The van der Waals surface area contributed by atoms with Gasteiger partial charge in [0.2, 0.25) is 5.75 Å². The molecule has 10 heteroatoms. The van der Waals surface area contributed by atoms with Crippen molar-refractivity contribution in [2.24, 2.45) is 0 Å². The maximum atomic E-state index is 7.01. The molecule has 3 saturated heterocycles. The summed E-state index contributed by atoms with van der Waals surface area (Å²) in [6.45, 7) is 1.46. The molecule has 6 aromatic rings. The molecule has 0 spiro atoms. The van der Waals surface area contributed by atoms with Gasteiger partial charge in [0.1, 0.15) is 11.5 Å². The molecule has 0 bridgehead atoms. The number of thioether (sulfide) groups is 2. The van der Waals surface area contributed by atoms with Gasteiger partial charge in [0, 0.05) is 30.4 Å². The van der Waals surface area contributed by atoms with Crippen LogP contribution in [0.25, 0.3) is 0 Å². The zero-order valence-corrected chi connectivity index (χ0v) is 38.5. The minimum absolute atomic E-state index is 0.164. The molecule has 4 aliphatic rings. The Kier molecular flexibility index (Phi) is 13.5. The fourth-order valence-corrected chi connectivity index (χ4v) is 12.5. The normalized spacial score (nSPS) is 19.8. The zero-order valence-electron chi connectivity index (χ0n) is 36.9. The van der Waals surface area contributed by atoms with Crippen molar-refractivity contribution < 1.29 is 37.9 Å². The van der Waals surface area contributed by atoms with Gasteiger partial charge >= 0.3 is 5.79 Å². The molecule has 0 aromatic heterocycles. The highest BCUT2D eigenvalue weighted by atomic mass is 32.2. The minimum Gasteiger partial charge on any atom is -0.493 e. The van der Waals surface area contributed by atoms with Crippen LogP contribution in [-0.4, -0.2) is 44.4 Å². The summed E-state index contributed by atoms with van der Waals surface area (Å²) in [4.78, 5) is 0. The van der Waals surface area contributed by atoms with Crippen LogP contribution in [0.15, 0.2) is 140 Å². The molecular formula is C55H56O8S2. The lowest BCUT2D eigenvalue weighted by Crippen LogP contribution is -2.36. The number of rotatable bonds is 15. The van der Waals surface area contributed by atoms with Gasteiger partial charge in [-0.25, -0.2) is 0 Å². The maximum absolute atomic E-state index is 7.01. The Morgan fingerprint density at radius 1 is 0.569 bits per heavy atom. The van der Waals surface area contributed by atoms with E-state index in [4.69, 9.17) is 37.9 Å². The molecule has 6 aromatic carbocycles. The van der Waals surface area contributed by atoms with Crippen molar-refractivity contribution in [2.75, 3.05) is 31.8 Å². The molecule has 336 valence electrons. The zero-order chi connectivity index (χ0) is 43.9. The molecule has 0 saturated carbocycles. The number of aryl methyl sites for hydroxylation is 2. The Bertz CT molecular complexity index is 2460. The molecule has 3 fully saturated rings. The minimum atomic E-state index is -1.16. The SMILES string of the molecule is COc1cc(C2(Cc3cccc(Oc4c(CCc5ccc(OC6CCCCO6)cc5)cccc4OC4CCCCO4)c3)SCCCS2)cc2c1OC(c1ccccc1)(c1ccccc1)O2. The van der Waals surface area contributed by atoms with Gasteiger partial charge in [-0.15, -0.1) is 23.5 Å². The van der Waals surface area contributed by atoms with E-state index in [1.54, 1.807) is 7.11 Å². The largest absolute Gasteiger partial charge is 0.493 e. The summed E-state index contributed by atoms with van der Waals surface area (Å²) in [5, 5.41) is 0. The molecular weight excluding hydrogens is 853 g/mol. The molecule has 10 rings (SSSR count). The van der Waals surface area contributed by atoms with E-state index in [9.17, 15) is 0 Å². The third kappa shape index (κ3) is 9.82. The van der Waals surface area contributed by atoms with E-state index in [0.29, 0.717) is 29.6 Å². The third-order valence-corrected chi connectivity index (χ3v) is 15.9. The van der Waals surface area contributed by atoms with Crippen molar-refractivity contribution in [3.63, 3.8) is 0 Å². The average Bonchev–Trinajstić information content (AvgIpc) is 3.77. The number of methoxy groups -OCH3 is 1. The lowest BCUT2D eigenvalue weighted by Gasteiger charge is -2.37. The molecule has 2 atom stereocenters. The second kappa shape index (κ2) is 20.1. The fraction of sp³-hybridized carbons (Fsp3) is 0.345. The van der Waals surface area contributed by atoms with Gasteiger partial charge in [0.15, 0.2) is 35.6 Å².